The second kappa shape index (κ2) is 7.62. The summed E-state index contributed by atoms with van der Waals surface area (Å²) in [6.07, 6.45) is 6.11. The van der Waals surface area contributed by atoms with Crippen LogP contribution < -0.4 is 5.46 Å². The zero-order valence-electron chi connectivity index (χ0n) is 23.3. The van der Waals surface area contributed by atoms with Crippen molar-refractivity contribution in [2.75, 3.05) is 0 Å². The Kier molecular flexibility index (Phi) is 4.59. The fourth-order valence-corrected chi connectivity index (χ4v) is 7.54. The molecule has 1 unspecified atom stereocenters. The molecule has 0 N–H and O–H groups in total. The minimum atomic E-state index is -0.432. The number of allylic oxidation sites excluding steroid dienone is 4. The van der Waals surface area contributed by atoms with Crippen molar-refractivity contribution >= 4 is 28.9 Å². The lowest BCUT2D eigenvalue weighted by molar-refractivity contribution is 0.00578. The molecule has 8 rings (SSSR count). The average molecular weight is 508 g/mol. The predicted octanol–water partition coefficient (Wildman–Crippen LogP) is 7.82. The first kappa shape index (κ1) is 23.5. The molecule has 2 nitrogen and oxygen atoms in total. The van der Waals surface area contributed by atoms with Crippen LogP contribution in [0.4, 0.5) is 0 Å². The lowest BCUT2D eigenvalue weighted by Gasteiger charge is -2.32. The van der Waals surface area contributed by atoms with E-state index in [-0.39, 0.29) is 5.41 Å². The van der Waals surface area contributed by atoms with Crippen LogP contribution in [0.1, 0.15) is 63.3 Å². The molecule has 0 radical (unpaired) electrons. The standard InChI is InChI=1S/C36H33BO2/c1-22-18-19-30-27(20-22)33-26-15-7-6-14-25(26)32(37-38-34(2,3)35(4,5)39-37)21-31(33)36(30)28-16-10-8-12-23(28)24-13-9-11-17-29(24)36/h6-17,19-22H,18H2,1-5H3. The molecule has 1 aliphatic heterocycles. The van der Waals surface area contributed by atoms with E-state index in [9.17, 15) is 0 Å². The van der Waals surface area contributed by atoms with Crippen LogP contribution in [0.15, 0.2) is 96.6 Å². The minimum absolute atomic E-state index is 0.350. The molecule has 4 aromatic rings. The topological polar surface area (TPSA) is 18.5 Å². The van der Waals surface area contributed by atoms with Gasteiger partial charge in [0.2, 0.25) is 0 Å². The van der Waals surface area contributed by atoms with Gasteiger partial charge >= 0.3 is 7.12 Å². The van der Waals surface area contributed by atoms with Crippen LogP contribution in [0.5, 0.6) is 0 Å². The Labute approximate surface area is 231 Å². The summed E-state index contributed by atoms with van der Waals surface area (Å²) in [6.45, 7) is 10.9. The summed E-state index contributed by atoms with van der Waals surface area (Å²) in [5.74, 6) is 0.500. The molecule has 1 saturated heterocycles. The van der Waals surface area contributed by atoms with Crippen molar-refractivity contribution in [3.8, 4) is 11.1 Å². The van der Waals surface area contributed by atoms with Crippen LogP contribution >= 0.6 is 0 Å². The van der Waals surface area contributed by atoms with Crippen molar-refractivity contribution in [3.63, 3.8) is 0 Å². The monoisotopic (exact) mass is 508 g/mol. The Balaban J connectivity index is 1.52. The Morgan fingerprint density at radius 3 is 1.92 bits per heavy atom. The quantitative estimate of drug-likeness (QED) is 0.244. The summed E-state index contributed by atoms with van der Waals surface area (Å²) < 4.78 is 13.4. The first-order valence-electron chi connectivity index (χ1n) is 14.3. The second-order valence-corrected chi connectivity index (χ2v) is 12.8. The summed E-state index contributed by atoms with van der Waals surface area (Å²) in [5.41, 5.74) is 11.0. The number of benzene rings is 4. The van der Waals surface area contributed by atoms with Crippen molar-refractivity contribution in [1.29, 1.82) is 0 Å². The average Bonchev–Trinajstić information content (AvgIpc) is 3.47. The van der Waals surface area contributed by atoms with Gasteiger partial charge in [-0.25, -0.2) is 0 Å². The van der Waals surface area contributed by atoms with Crippen molar-refractivity contribution in [1.82, 2.24) is 0 Å². The summed E-state index contributed by atoms with van der Waals surface area (Å²) in [7, 11) is -0.432. The number of hydrogen-bond donors (Lipinski definition) is 0. The molecule has 0 aromatic heterocycles. The summed E-state index contributed by atoms with van der Waals surface area (Å²) in [5, 5.41) is 2.49. The van der Waals surface area contributed by atoms with E-state index in [4.69, 9.17) is 9.31 Å². The van der Waals surface area contributed by atoms with E-state index in [2.05, 4.69) is 126 Å². The van der Waals surface area contributed by atoms with Gasteiger partial charge in [-0.05, 0) is 101 Å². The molecule has 3 heteroatoms. The smallest absolute Gasteiger partial charge is 0.399 e. The second-order valence-electron chi connectivity index (χ2n) is 12.8. The van der Waals surface area contributed by atoms with Gasteiger partial charge in [0, 0.05) is 0 Å². The normalized spacial score (nSPS) is 22.8. The van der Waals surface area contributed by atoms with E-state index >= 15 is 0 Å². The third-order valence-corrected chi connectivity index (χ3v) is 10.0. The fourth-order valence-electron chi connectivity index (χ4n) is 7.54. The van der Waals surface area contributed by atoms with Gasteiger partial charge in [-0.15, -0.1) is 0 Å². The Hall–Kier alpha value is -3.40. The number of rotatable bonds is 1. The van der Waals surface area contributed by atoms with Crippen LogP contribution in [0.3, 0.4) is 0 Å². The maximum atomic E-state index is 6.69. The van der Waals surface area contributed by atoms with Gasteiger partial charge in [0.15, 0.2) is 0 Å². The molecular weight excluding hydrogens is 475 g/mol. The van der Waals surface area contributed by atoms with E-state index in [1.165, 1.54) is 55.3 Å². The van der Waals surface area contributed by atoms with Gasteiger partial charge in [0.05, 0.1) is 16.6 Å². The molecule has 3 aliphatic carbocycles. The van der Waals surface area contributed by atoms with Crippen molar-refractivity contribution in [2.24, 2.45) is 5.92 Å². The van der Waals surface area contributed by atoms with Crippen molar-refractivity contribution < 1.29 is 9.31 Å². The molecule has 1 spiro atoms. The first-order chi connectivity index (χ1) is 18.7. The van der Waals surface area contributed by atoms with E-state index in [0.717, 1.165) is 11.9 Å². The van der Waals surface area contributed by atoms with Gasteiger partial charge in [-0.1, -0.05) is 97.9 Å². The van der Waals surface area contributed by atoms with E-state index < -0.39 is 18.3 Å². The van der Waals surface area contributed by atoms with Gasteiger partial charge in [0.25, 0.3) is 0 Å². The molecule has 192 valence electrons. The van der Waals surface area contributed by atoms with E-state index in [0.29, 0.717) is 5.92 Å². The highest BCUT2D eigenvalue weighted by atomic mass is 16.7. The zero-order valence-corrected chi connectivity index (χ0v) is 23.3. The summed E-state index contributed by atoms with van der Waals surface area (Å²) in [4.78, 5) is 0. The molecule has 4 aromatic carbocycles. The van der Waals surface area contributed by atoms with Crippen molar-refractivity contribution in [3.05, 3.63) is 119 Å². The largest absolute Gasteiger partial charge is 0.495 e. The fraction of sp³-hybridized carbons (Fsp3) is 0.278. The molecule has 0 amide bonds. The molecule has 1 fully saturated rings. The molecule has 1 heterocycles. The van der Waals surface area contributed by atoms with Gasteiger partial charge in [-0.2, -0.15) is 0 Å². The number of fused-ring (bicyclic) bond motifs is 12. The molecule has 4 aliphatic rings. The summed E-state index contributed by atoms with van der Waals surface area (Å²) >= 11 is 0. The van der Waals surface area contributed by atoms with Gasteiger partial charge in [0.1, 0.15) is 0 Å². The van der Waals surface area contributed by atoms with Crippen molar-refractivity contribution in [2.45, 2.75) is 57.7 Å². The third kappa shape index (κ3) is 2.85. The third-order valence-electron chi connectivity index (χ3n) is 10.0. The molecule has 1 atom stereocenters. The molecular formula is C36H33BO2. The highest BCUT2D eigenvalue weighted by Crippen LogP contribution is 2.65. The lowest BCUT2D eigenvalue weighted by Crippen LogP contribution is -2.41. The Morgan fingerprint density at radius 2 is 1.28 bits per heavy atom. The van der Waals surface area contributed by atoms with Crippen LogP contribution in [-0.4, -0.2) is 18.3 Å². The molecule has 0 bridgehead atoms. The first-order valence-corrected chi connectivity index (χ1v) is 14.3. The molecule has 39 heavy (non-hydrogen) atoms. The van der Waals surface area contributed by atoms with Gasteiger partial charge in [-0.3, -0.25) is 0 Å². The van der Waals surface area contributed by atoms with Crippen LogP contribution in [0.25, 0.3) is 27.5 Å². The van der Waals surface area contributed by atoms with E-state index in [1.54, 1.807) is 0 Å². The zero-order chi connectivity index (χ0) is 26.7. The highest BCUT2D eigenvalue weighted by molar-refractivity contribution is 6.65. The number of hydrogen-bond acceptors (Lipinski definition) is 2. The Bertz CT molecular complexity index is 1710. The maximum Gasteiger partial charge on any atom is 0.495 e. The highest BCUT2D eigenvalue weighted by Gasteiger charge is 2.56. The lowest BCUT2D eigenvalue weighted by atomic mass is 9.67. The van der Waals surface area contributed by atoms with Crippen LogP contribution in [-0.2, 0) is 14.7 Å². The van der Waals surface area contributed by atoms with E-state index in [1.807, 2.05) is 0 Å². The maximum absolute atomic E-state index is 6.69. The minimum Gasteiger partial charge on any atom is -0.399 e. The predicted molar refractivity (Wildman–Crippen MR) is 161 cm³/mol. The van der Waals surface area contributed by atoms with Crippen LogP contribution in [0, 0.1) is 5.92 Å². The molecule has 0 saturated carbocycles. The van der Waals surface area contributed by atoms with Gasteiger partial charge < -0.3 is 9.31 Å². The SMILES string of the molecule is CC1C=C2C(=CC1)C1(c3ccccc3-c3ccccc31)c1cc(B3OC(C)(C)C(C)(C)O3)c3ccccc3c12. The summed E-state index contributed by atoms with van der Waals surface area (Å²) in [6, 6.07) is 29.4. The van der Waals surface area contributed by atoms with Crippen LogP contribution in [0.2, 0.25) is 0 Å². The Morgan fingerprint density at radius 1 is 0.718 bits per heavy atom.